The van der Waals surface area contributed by atoms with Crippen molar-refractivity contribution in [2.45, 2.75) is 6.54 Å². The fourth-order valence-electron chi connectivity index (χ4n) is 2.72. The molecule has 2 heterocycles. The topological polar surface area (TPSA) is 65.4 Å². The van der Waals surface area contributed by atoms with Crippen molar-refractivity contribution in [2.24, 2.45) is 0 Å². The lowest BCUT2D eigenvalue weighted by Crippen LogP contribution is -2.17. The number of rotatable bonds is 4. The van der Waals surface area contributed by atoms with Gasteiger partial charge in [-0.15, -0.1) is 0 Å². The number of halogens is 1. The van der Waals surface area contributed by atoms with Crippen molar-refractivity contribution in [3.8, 4) is 11.5 Å². The van der Waals surface area contributed by atoms with E-state index in [-0.39, 0.29) is 11.7 Å². The highest BCUT2D eigenvalue weighted by atomic mass is 19.1. The minimum absolute atomic E-state index is 0.271. The molecule has 0 aliphatic carbocycles. The van der Waals surface area contributed by atoms with E-state index in [0.717, 1.165) is 5.56 Å². The fraction of sp³-hybridized carbons (Fsp3) is 0.158. The van der Waals surface area contributed by atoms with E-state index in [1.54, 1.807) is 41.3 Å². The van der Waals surface area contributed by atoms with Crippen molar-refractivity contribution in [3.63, 3.8) is 0 Å². The van der Waals surface area contributed by atoms with Gasteiger partial charge >= 0.3 is 0 Å². The van der Waals surface area contributed by atoms with Crippen LogP contribution in [0.3, 0.4) is 0 Å². The third-order valence-electron chi connectivity index (χ3n) is 3.93. The number of fused-ring (bicyclic) bond motifs is 1. The maximum Gasteiger partial charge on any atom is 0.255 e. The zero-order valence-electron chi connectivity index (χ0n) is 13.8. The number of carbonyl (C=O) groups is 1. The van der Waals surface area contributed by atoms with Crippen LogP contribution in [0, 0.1) is 5.82 Å². The van der Waals surface area contributed by atoms with Crippen molar-refractivity contribution in [3.05, 3.63) is 71.8 Å². The number of hydrogen-bond acceptors (Lipinski definition) is 4. The standard InChI is InChI=1S/C19H16FN3O3/c20-15-3-1-2-13(8-15)11-23-12-16(10-21-23)22-19(24)14-4-5-17-18(9-14)26-7-6-25-17/h1-5,8-10,12H,6-7,11H2,(H,22,24). The molecule has 1 aliphatic rings. The molecular weight excluding hydrogens is 337 g/mol. The SMILES string of the molecule is O=C(Nc1cnn(Cc2cccc(F)c2)c1)c1ccc2c(c1)OCCO2. The van der Waals surface area contributed by atoms with Gasteiger partial charge < -0.3 is 14.8 Å². The van der Waals surface area contributed by atoms with Crippen LogP contribution in [0.1, 0.15) is 15.9 Å². The summed E-state index contributed by atoms with van der Waals surface area (Å²) >= 11 is 0. The van der Waals surface area contributed by atoms with Gasteiger partial charge in [-0.2, -0.15) is 5.10 Å². The summed E-state index contributed by atoms with van der Waals surface area (Å²) in [5.74, 6) is 0.635. The number of nitrogens with one attached hydrogen (secondary N) is 1. The predicted octanol–water partition coefficient (Wildman–Crippen LogP) is 3.09. The molecule has 3 aromatic rings. The molecule has 1 aliphatic heterocycles. The summed E-state index contributed by atoms with van der Waals surface area (Å²) in [6, 6.07) is 11.4. The smallest absolute Gasteiger partial charge is 0.255 e. The first kappa shape index (κ1) is 16.1. The lowest BCUT2D eigenvalue weighted by molar-refractivity contribution is 0.102. The molecule has 0 fully saturated rings. The summed E-state index contributed by atoms with van der Waals surface area (Å²) in [4.78, 5) is 12.4. The lowest BCUT2D eigenvalue weighted by Gasteiger charge is -2.18. The van der Waals surface area contributed by atoms with Crippen LogP contribution < -0.4 is 14.8 Å². The monoisotopic (exact) mass is 353 g/mol. The van der Waals surface area contributed by atoms with E-state index < -0.39 is 0 Å². The van der Waals surface area contributed by atoms with E-state index in [9.17, 15) is 9.18 Å². The van der Waals surface area contributed by atoms with Gasteiger partial charge in [0.05, 0.1) is 18.4 Å². The zero-order chi connectivity index (χ0) is 17.9. The van der Waals surface area contributed by atoms with Crippen LogP contribution in [-0.2, 0) is 6.54 Å². The fourth-order valence-corrected chi connectivity index (χ4v) is 2.72. The highest BCUT2D eigenvalue weighted by Gasteiger charge is 2.15. The number of aromatic nitrogens is 2. The largest absolute Gasteiger partial charge is 0.486 e. The van der Waals surface area contributed by atoms with E-state index in [2.05, 4.69) is 10.4 Å². The molecule has 132 valence electrons. The van der Waals surface area contributed by atoms with Gasteiger partial charge in [0.1, 0.15) is 19.0 Å². The molecule has 0 radical (unpaired) electrons. The van der Waals surface area contributed by atoms with Gasteiger partial charge in [-0.05, 0) is 35.9 Å². The van der Waals surface area contributed by atoms with E-state index in [0.29, 0.717) is 42.5 Å². The predicted molar refractivity (Wildman–Crippen MR) is 93.1 cm³/mol. The highest BCUT2D eigenvalue weighted by molar-refractivity contribution is 6.04. The number of hydrogen-bond donors (Lipinski definition) is 1. The Hall–Kier alpha value is -3.35. The van der Waals surface area contributed by atoms with Gasteiger partial charge in [0, 0.05) is 11.8 Å². The molecule has 4 rings (SSSR count). The van der Waals surface area contributed by atoms with Crippen LogP contribution in [0.25, 0.3) is 0 Å². The van der Waals surface area contributed by atoms with E-state index in [4.69, 9.17) is 9.47 Å². The quantitative estimate of drug-likeness (QED) is 0.783. The molecular formula is C19H16FN3O3. The van der Waals surface area contributed by atoms with Crippen LogP contribution >= 0.6 is 0 Å². The summed E-state index contributed by atoms with van der Waals surface area (Å²) in [6.07, 6.45) is 3.25. The van der Waals surface area contributed by atoms with Gasteiger partial charge in [-0.25, -0.2) is 4.39 Å². The van der Waals surface area contributed by atoms with Gasteiger partial charge in [-0.1, -0.05) is 12.1 Å². The summed E-state index contributed by atoms with van der Waals surface area (Å²) in [5, 5.41) is 6.98. The number of carbonyl (C=O) groups excluding carboxylic acids is 1. The van der Waals surface area contributed by atoms with E-state index in [1.807, 2.05) is 6.07 Å². The Labute approximate surface area is 149 Å². The Bertz CT molecular complexity index is 955. The normalized spacial score (nSPS) is 12.7. The average Bonchev–Trinajstić information content (AvgIpc) is 3.08. The van der Waals surface area contributed by atoms with Crippen LogP contribution in [0.2, 0.25) is 0 Å². The molecule has 0 saturated heterocycles. The second-order valence-electron chi connectivity index (χ2n) is 5.87. The number of amides is 1. The lowest BCUT2D eigenvalue weighted by atomic mass is 10.2. The molecule has 0 spiro atoms. The number of benzene rings is 2. The van der Waals surface area contributed by atoms with Crippen molar-refractivity contribution >= 4 is 11.6 Å². The average molecular weight is 353 g/mol. The number of ether oxygens (including phenoxy) is 2. The Morgan fingerprint density at radius 3 is 2.85 bits per heavy atom. The number of nitrogens with zero attached hydrogens (tertiary/aromatic N) is 2. The van der Waals surface area contributed by atoms with Crippen molar-refractivity contribution in [2.75, 3.05) is 18.5 Å². The molecule has 6 nitrogen and oxygen atoms in total. The summed E-state index contributed by atoms with van der Waals surface area (Å²) < 4.78 is 25.8. The third kappa shape index (κ3) is 3.51. The first-order valence-electron chi connectivity index (χ1n) is 8.15. The second kappa shape index (κ2) is 6.87. The molecule has 0 saturated carbocycles. The summed E-state index contributed by atoms with van der Waals surface area (Å²) in [7, 11) is 0. The Morgan fingerprint density at radius 2 is 2.00 bits per heavy atom. The van der Waals surface area contributed by atoms with Crippen LogP contribution in [-0.4, -0.2) is 28.9 Å². The van der Waals surface area contributed by atoms with Crippen LogP contribution in [0.4, 0.5) is 10.1 Å². The molecule has 26 heavy (non-hydrogen) atoms. The Morgan fingerprint density at radius 1 is 1.15 bits per heavy atom. The Kier molecular flexibility index (Phi) is 4.27. The molecule has 7 heteroatoms. The van der Waals surface area contributed by atoms with Crippen LogP contribution in [0.5, 0.6) is 11.5 Å². The zero-order valence-corrected chi connectivity index (χ0v) is 13.8. The van der Waals surface area contributed by atoms with Gasteiger partial charge in [-0.3, -0.25) is 9.48 Å². The first-order chi connectivity index (χ1) is 12.7. The molecule has 1 N–H and O–H groups in total. The van der Waals surface area contributed by atoms with Gasteiger partial charge in [0.15, 0.2) is 11.5 Å². The molecule has 0 bridgehead atoms. The van der Waals surface area contributed by atoms with Gasteiger partial charge in [0.2, 0.25) is 0 Å². The summed E-state index contributed by atoms with van der Waals surface area (Å²) in [6.45, 7) is 1.38. The second-order valence-corrected chi connectivity index (χ2v) is 5.87. The van der Waals surface area contributed by atoms with Gasteiger partial charge in [0.25, 0.3) is 5.91 Å². The van der Waals surface area contributed by atoms with Crippen molar-refractivity contribution in [1.82, 2.24) is 9.78 Å². The maximum absolute atomic E-state index is 13.2. The van der Waals surface area contributed by atoms with Crippen molar-refractivity contribution in [1.29, 1.82) is 0 Å². The molecule has 0 atom stereocenters. The molecule has 0 unspecified atom stereocenters. The first-order valence-corrected chi connectivity index (χ1v) is 8.15. The molecule has 1 aromatic heterocycles. The van der Waals surface area contributed by atoms with E-state index in [1.165, 1.54) is 12.1 Å². The maximum atomic E-state index is 13.2. The summed E-state index contributed by atoms with van der Waals surface area (Å²) in [5.41, 5.74) is 1.81. The van der Waals surface area contributed by atoms with E-state index >= 15 is 0 Å². The van der Waals surface area contributed by atoms with Crippen LogP contribution in [0.15, 0.2) is 54.9 Å². The molecule has 1 amide bonds. The Balaban J connectivity index is 1.44. The third-order valence-corrected chi connectivity index (χ3v) is 3.93. The minimum atomic E-state index is -0.290. The van der Waals surface area contributed by atoms with Crippen molar-refractivity contribution < 1.29 is 18.7 Å². The highest BCUT2D eigenvalue weighted by Crippen LogP contribution is 2.30. The minimum Gasteiger partial charge on any atom is -0.486 e. The molecule has 2 aromatic carbocycles. The number of anilines is 1.